The van der Waals surface area contributed by atoms with E-state index in [1.165, 1.54) is 0 Å². The Morgan fingerprint density at radius 3 is 2.85 bits per heavy atom. The number of aliphatic hydroxyl groups is 1. The van der Waals surface area contributed by atoms with Crippen molar-refractivity contribution >= 4 is 28.7 Å². The van der Waals surface area contributed by atoms with E-state index in [1.54, 1.807) is 6.20 Å². The van der Waals surface area contributed by atoms with E-state index in [0.717, 1.165) is 40.4 Å². The molecule has 208 valence electrons. The van der Waals surface area contributed by atoms with Crippen LogP contribution < -0.4 is 20.3 Å². The number of ether oxygens (including phenoxy) is 1. The lowest BCUT2D eigenvalue weighted by molar-refractivity contribution is 0.0645. The lowest BCUT2D eigenvalue weighted by Gasteiger charge is -2.33. The second-order valence-electron chi connectivity index (χ2n) is 10.4. The summed E-state index contributed by atoms with van der Waals surface area (Å²) in [5, 5.41) is 16.1. The first-order valence-corrected chi connectivity index (χ1v) is 13.4. The van der Waals surface area contributed by atoms with Crippen LogP contribution in [0.5, 0.6) is 5.75 Å². The third kappa shape index (κ3) is 5.05. The average molecular weight is 546 g/mol. The van der Waals surface area contributed by atoms with Gasteiger partial charge in [-0.1, -0.05) is 6.07 Å². The molecule has 0 saturated carbocycles. The summed E-state index contributed by atoms with van der Waals surface area (Å²) in [5.41, 5.74) is 5.51. The lowest BCUT2D eigenvalue weighted by Crippen LogP contribution is -2.45. The number of piperidine rings is 1. The van der Waals surface area contributed by atoms with Gasteiger partial charge in [0.25, 0.3) is 5.91 Å². The molecule has 4 aromatic rings. The summed E-state index contributed by atoms with van der Waals surface area (Å²) in [6.45, 7) is 2.58. The Balaban J connectivity index is 1.24. The normalized spacial score (nSPS) is 18.7. The van der Waals surface area contributed by atoms with Crippen LogP contribution in [0.2, 0.25) is 0 Å². The summed E-state index contributed by atoms with van der Waals surface area (Å²) < 4.78 is 21.5. The third-order valence-corrected chi connectivity index (χ3v) is 7.41. The number of likely N-dealkylation sites (N-methyl/N-ethyl adjacent to an activating group) is 1. The highest BCUT2D eigenvalue weighted by atomic mass is 19.1. The molecule has 2 atom stereocenters. The van der Waals surface area contributed by atoms with E-state index >= 15 is 0 Å². The molecule has 3 aromatic heterocycles. The van der Waals surface area contributed by atoms with Gasteiger partial charge in [-0.2, -0.15) is 0 Å². The molecule has 2 aliphatic rings. The Morgan fingerprint density at radius 2 is 2.08 bits per heavy atom. The molecule has 5 heterocycles. The molecule has 2 aliphatic heterocycles. The first kappa shape index (κ1) is 26.0. The van der Waals surface area contributed by atoms with Gasteiger partial charge >= 0.3 is 0 Å². The van der Waals surface area contributed by atoms with Crippen LogP contribution >= 0.6 is 0 Å². The van der Waals surface area contributed by atoms with Crippen LogP contribution in [-0.4, -0.2) is 82.9 Å². The van der Waals surface area contributed by atoms with Crippen molar-refractivity contribution in [1.29, 1.82) is 0 Å². The summed E-state index contributed by atoms with van der Waals surface area (Å²) in [6, 6.07) is 11.4. The summed E-state index contributed by atoms with van der Waals surface area (Å²) >= 11 is 0. The van der Waals surface area contributed by atoms with Gasteiger partial charge in [-0.25, -0.2) is 14.4 Å². The topological polar surface area (TPSA) is 107 Å². The van der Waals surface area contributed by atoms with Crippen LogP contribution in [0.25, 0.3) is 16.9 Å². The molecule has 1 fully saturated rings. The number of amides is 1. The number of hydrogen-bond acceptors (Lipinski definition) is 8. The van der Waals surface area contributed by atoms with E-state index in [1.807, 2.05) is 72.2 Å². The van der Waals surface area contributed by atoms with E-state index in [0.29, 0.717) is 36.8 Å². The molecule has 1 aromatic carbocycles. The third-order valence-electron chi connectivity index (χ3n) is 7.41. The Labute approximate surface area is 231 Å². The summed E-state index contributed by atoms with van der Waals surface area (Å²) in [4.78, 5) is 26.0. The number of halogens is 1. The maximum atomic E-state index is 13.6. The fourth-order valence-corrected chi connectivity index (χ4v) is 5.21. The maximum Gasteiger partial charge on any atom is 0.254 e. The Kier molecular flexibility index (Phi) is 6.99. The molecular weight excluding hydrogens is 513 g/mol. The van der Waals surface area contributed by atoms with Gasteiger partial charge in [0, 0.05) is 44.0 Å². The first-order chi connectivity index (χ1) is 19.4. The number of imidazole rings is 1. The number of anilines is 3. The fourth-order valence-electron chi connectivity index (χ4n) is 5.21. The van der Waals surface area contributed by atoms with Crippen molar-refractivity contribution in [3.05, 3.63) is 66.1 Å². The molecular formula is C29H32FN7O3. The number of hydrogen-bond donors (Lipinski definition) is 3. The van der Waals surface area contributed by atoms with Crippen molar-refractivity contribution in [3.63, 3.8) is 0 Å². The number of benzene rings is 1. The van der Waals surface area contributed by atoms with Gasteiger partial charge < -0.3 is 30.3 Å². The summed E-state index contributed by atoms with van der Waals surface area (Å²) in [5.74, 6) is 1.19. The Bertz CT molecular complexity index is 1540. The van der Waals surface area contributed by atoms with Gasteiger partial charge in [0.15, 0.2) is 0 Å². The molecule has 3 N–H and O–H groups in total. The number of pyridine rings is 2. The highest BCUT2D eigenvalue weighted by Gasteiger charge is 2.29. The van der Waals surface area contributed by atoms with Gasteiger partial charge in [-0.3, -0.25) is 9.20 Å². The fraction of sp³-hybridized carbons (Fsp3) is 0.345. The predicted octanol–water partition coefficient (Wildman–Crippen LogP) is 3.23. The number of fused-ring (bicyclic) bond motifs is 2. The van der Waals surface area contributed by atoms with Crippen molar-refractivity contribution < 1.29 is 19.0 Å². The Hall–Kier alpha value is -4.22. The van der Waals surface area contributed by atoms with Gasteiger partial charge in [0.1, 0.15) is 36.1 Å². The molecule has 0 spiro atoms. The largest absolute Gasteiger partial charge is 0.492 e. The highest BCUT2D eigenvalue weighted by Crippen LogP contribution is 2.36. The summed E-state index contributed by atoms with van der Waals surface area (Å²) in [6.07, 6.45) is 3.54. The van der Waals surface area contributed by atoms with Crippen LogP contribution in [0.15, 0.2) is 55.0 Å². The molecule has 6 rings (SSSR count). The number of nitrogens with one attached hydrogen (secondary N) is 2. The van der Waals surface area contributed by atoms with Crippen molar-refractivity contribution in [3.8, 4) is 17.0 Å². The zero-order valence-electron chi connectivity index (χ0n) is 22.5. The minimum Gasteiger partial charge on any atom is -0.492 e. The van der Waals surface area contributed by atoms with Crippen molar-refractivity contribution in [2.75, 3.05) is 50.6 Å². The summed E-state index contributed by atoms with van der Waals surface area (Å²) in [7, 11) is 4.01. The Morgan fingerprint density at radius 1 is 1.20 bits per heavy atom. The number of carbonyl (C=O) groups is 1. The molecule has 10 nitrogen and oxygen atoms in total. The smallest absolute Gasteiger partial charge is 0.254 e. The van der Waals surface area contributed by atoms with Crippen LogP contribution in [-0.2, 0) is 6.54 Å². The van der Waals surface area contributed by atoms with E-state index in [4.69, 9.17) is 4.74 Å². The maximum absolute atomic E-state index is 13.6. The van der Waals surface area contributed by atoms with Gasteiger partial charge in [-0.15, -0.1) is 0 Å². The quantitative estimate of drug-likeness (QED) is 0.310. The molecule has 0 radical (unpaired) electrons. The van der Waals surface area contributed by atoms with Crippen molar-refractivity contribution in [1.82, 2.24) is 24.6 Å². The van der Waals surface area contributed by atoms with E-state index in [-0.39, 0.29) is 18.9 Å². The SMILES string of the molecule is CN(C)CCOc1ccn2c(-c3ccc(Nc4ccc(N5CCC(F)C(O)C5)cn4)c4c3CNC4=O)cnc2c1. The molecule has 0 bridgehead atoms. The van der Waals surface area contributed by atoms with Crippen LogP contribution in [0.1, 0.15) is 22.3 Å². The monoisotopic (exact) mass is 545 g/mol. The highest BCUT2D eigenvalue weighted by molar-refractivity contribution is 6.06. The number of aliphatic hydroxyl groups excluding tert-OH is 1. The predicted molar refractivity (Wildman–Crippen MR) is 151 cm³/mol. The number of carbonyl (C=O) groups excluding carboxylic acids is 1. The second kappa shape index (κ2) is 10.7. The molecule has 11 heteroatoms. The minimum atomic E-state index is -1.19. The van der Waals surface area contributed by atoms with E-state index < -0.39 is 12.3 Å². The second-order valence-corrected chi connectivity index (χ2v) is 10.4. The molecule has 40 heavy (non-hydrogen) atoms. The number of β-amino-alcohol motifs (C(OH)–C–C–N with tert-alkyl or cyclic N) is 1. The van der Waals surface area contributed by atoms with Crippen molar-refractivity contribution in [2.24, 2.45) is 0 Å². The van der Waals surface area contributed by atoms with Gasteiger partial charge in [0.05, 0.1) is 35.0 Å². The van der Waals surface area contributed by atoms with Crippen molar-refractivity contribution in [2.45, 2.75) is 25.2 Å². The lowest BCUT2D eigenvalue weighted by atomic mass is 9.99. The standard InChI is InChI=1S/C29H32FN7O3/c1-35(2)11-12-40-19-7-10-37-24(16-32-27(37)13-19)20-4-5-23(28-21(20)15-33-29(28)39)34-26-6-3-18(14-31-26)36-9-8-22(30)25(38)17-36/h3-7,10,13-14,16,22,25,38H,8-9,11-12,15,17H2,1-2H3,(H,31,34)(H,33,39). The van der Waals surface area contributed by atoms with E-state index in [2.05, 4.69) is 25.5 Å². The molecule has 2 unspecified atom stereocenters. The van der Waals surface area contributed by atoms with Gasteiger partial charge in [0.2, 0.25) is 0 Å². The first-order valence-electron chi connectivity index (χ1n) is 13.4. The molecule has 1 amide bonds. The molecule has 1 saturated heterocycles. The average Bonchev–Trinajstić information content (AvgIpc) is 3.54. The van der Waals surface area contributed by atoms with E-state index in [9.17, 15) is 14.3 Å². The minimum absolute atomic E-state index is 0.149. The van der Waals surface area contributed by atoms with Crippen LogP contribution in [0.3, 0.4) is 0 Å². The van der Waals surface area contributed by atoms with Gasteiger partial charge in [-0.05, 0) is 50.3 Å². The van der Waals surface area contributed by atoms with Crippen LogP contribution in [0, 0.1) is 0 Å². The number of alkyl halides is 1. The molecule has 0 aliphatic carbocycles. The number of nitrogens with zero attached hydrogens (tertiary/aromatic N) is 5. The zero-order chi connectivity index (χ0) is 27.8. The van der Waals surface area contributed by atoms with Crippen LogP contribution in [0.4, 0.5) is 21.6 Å². The number of rotatable bonds is 8. The number of aromatic nitrogens is 3. The zero-order valence-corrected chi connectivity index (χ0v) is 22.5.